The lowest BCUT2D eigenvalue weighted by molar-refractivity contribution is -0.118. The maximum Gasteiger partial charge on any atom is 0.241 e. The van der Waals surface area contributed by atoms with Crippen LogP contribution in [0.5, 0.6) is 5.75 Å². The molecule has 1 aromatic carbocycles. The molecule has 1 aromatic rings. The van der Waals surface area contributed by atoms with Crippen molar-refractivity contribution in [2.75, 3.05) is 23.6 Å². The molecular formula is C14H23N3O4S. The SMILES string of the molecule is CC(C)Oc1ccc(NS(=O)(=O)CC(=O)NCCCN)cc1. The van der Waals surface area contributed by atoms with E-state index in [1.807, 2.05) is 13.8 Å². The Bertz CT molecular complexity index is 570. The molecule has 1 amide bonds. The van der Waals surface area contributed by atoms with Crippen LogP contribution in [-0.4, -0.2) is 39.3 Å². The normalized spacial score (nSPS) is 11.3. The molecule has 0 radical (unpaired) electrons. The maximum atomic E-state index is 11.9. The van der Waals surface area contributed by atoms with Crippen molar-refractivity contribution >= 4 is 21.6 Å². The smallest absolute Gasteiger partial charge is 0.241 e. The molecule has 0 saturated heterocycles. The largest absolute Gasteiger partial charge is 0.491 e. The number of carbonyl (C=O) groups excluding carboxylic acids is 1. The van der Waals surface area contributed by atoms with Crippen LogP contribution in [0.15, 0.2) is 24.3 Å². The van der Waals surface area contributed by atoms with Crippen LogP contribution < -0.4 is 20.5 Å². The minimum Gasteiger partial charge on any atom is -0.491 e. The number of hydrogen-bond acceptors (Lipinski definition) is 5. The van der Waals surface area contributed by atoms with E-state index in [0.717, 1.165) is 0 Å². The molecule has 0 spiro atoms. The van der Waals surface area contributed by atoms with E-state index in [-0.39, 0.29) is 6.10 Å². The van der Waals surface area contributed by atoms with E-state index in [1.54, 1.807) is 24.3 Å². The van der Waals surface area contributed by atoms with E-state index in [4.69, 9.17) is 10.5 Å². The van der Waals surface area contributed by atoms with Crippen LogP contribution in [-0.2, 0) is 14.8 Å². The van der Waals surface area contributed by atoms with Gasteiger partial charge in [-0.25, -0.2) is 8.42 Å². The van der Waals surface area contributed by atoms with Crippen molar-refractivity contribution in [3.8, 4) is 5.75 Å². The second-order valence-corrected chi connectivity index (χ2v) is 6.77. The molecule has 0 aliphatic heterocycles. The lowest BCUT2D eigenvalue weighted by Crippen LogP contribution is -2.34. The summed E-state index contributed by atoms with van der Waals surface area (Å²) in [6.07, 6.45) is 0.649. The summed E-state index contributed by atoms with van der Waals surface area (Å²) in [5.41, 5.74) is 5.67. The van der Waals surface area contributed by atoms with Gasteiger partial charge in [-0.3, -0.25) is 9.52 Å². The molecule has 0 heterocycles. The summed E-state index contributed by atoms with van der Waals surface area (Å²) < 4.78 is 31.6. The Hall–Kier alpha value is -1.80. The molecule has 0 aromatic heterocycles. The van der Waals surface area contributed by atoms with Gasteiger partial charge in [0.1, 0.15) is 11.5 Å². The zero-order valence-electron chi connectivity index (χ0n) is 12.8. The standard InChI is InChI=1S/C14H23N3O4S/c1-11(2)21-13-6-4-12(5-7-13)17-22(19,20)10-14(18)16-9-3-8-15/h4-7,11,17H,3,8-10,15H2,1-2H3,(H,16,18). The summed E-state index contributed by atoms with van der Waals surface area (Å²) >= 11 is 0. The Morgan fingerprint density at radius 2 is 1.91 bits per heavy atom. The van der Waals surface area contributed by atoms with Gasteiger partial charge in [-0.2, -0.15) is 0 Å². The Labute approximate surface area is 131 Å². The van der Waals surface area contributed by atoms with Crippen LogP contribution in [0.1, 0.15) is 20.3 Å². The third-order valence-corrected chi connectivity index (χ3v) is 3.71. The number of sulfonamides is 1. The topological polar surface area (TPSA) is 111 Å². The number of benzene rings is 1. The van der Waals surface area contributed by atoms with Gasteiger partial charge in [0.25, 0.3) is 0 Å². The Morgan fingerprint density at radius 3 is 2.45 bits per heavy atom. The highest BCUT2D eigenvalue weighted by Gasteiger charge is 2.16. The summed E-state index contributed by atoms with van der Waals surface area (Å²) in [6.45, 7) is 4.61. The molecule has 124 valence electrons. The lowest BCUT2D eigenvalue weighted by Gasteiger charge is -2.11. The average molecular weight is 329 g/mol. The first-order valence-corrected chi connectivity index (χ1v) is 8.71. The van der Waals surface area contributed by atoms with E-state index in [1.165, 1.54) is 0 Å². The minimum absolute atomic E-state index is 0.0414. The number of ether oxygens (including phenoxy) is 1. The molecular weight excluding hydrogens is 306 g/mol. The van der Waals surface area contributed by atoms with Crippen molar-refractivity contribution in [1.29, 1.82) is 0 Å². The van der Waals surface area contributed by atoms with Gasteiger partial charge < -0.3 is 15.8 Å². The second-order valence-electron chi connectivity index (χ2n) is 5.04. The Morgan fingerprint density at radius 1 is 1.27 bits per heavy atom. The lowest BCUT2D eigenvalue weighted by atomic mass is 10.3. The highest BCUT2D eigenvalue weighted by Crippen LogP contribution is 2.17. The second kappa shape index (κ2) is 8.60. The predicted molar refractivity (Wildman–Crippen MR) is 86.3 cm³/mol. The van der Waals surface area contributed by atoms with E-state index in [0.29, 0.717) is 30.9 Å². The van der Waals surface area contributed by atoms with Gasteiger partial charge in [0.05, 0.1) is 6.10 Å². The van der Waals surface area contributed by atoms with Crippen molar-refractivity contribution < 1.29 is 17.9 Å². The van der Waals surface area contributed by atoms with E-state index >= 15 is 0 Å². The minimum atomic E-state index is -3.74. The molecule has 0 fully saturated rings. The molecule has 0 saturated carbocycles. The van der Waals surface area contributed by atoms with Crippen LogP contribution >= 0.6 is 0 Å². The molecule has 0 atom stereocenters. The third-order valence-electron chi connectivity index (χ3n) is 2.52. The first kappa shape index (κ1) is 18.2. The van der Waals surface area contributed by atoms with Crippen molar-refractivity contribution in [3.63, 3.8) is 0 Å². The maximum absolute atomic E-state index is 11.9. The van der Waals surface area contributed by atoms with Gasteiger partial charge in [-0.05, 0) is 51.1 Å². The third kappa shape index (κ3) is 7.28. The molecule has 0 aliphatic rings. The van der Waals surface area contributed by atoms with Crippen LogP contribution in [0, 0.1) is 0 Å². The molecule has 0 unspecified atom stereocenters. The van der Waals surface area contributed by atoms with Gasteiger partial charge in [0, 0.05) is 12.2 Å². The van der Waals surface area contributed by atoms with Crippen molar-refractivity contribution in [2.24, 2.45) is 5.73 Å². The van der Waals surface area contributed by atoms with Crippen LogP contribution in [0.2, 0.25) is 0 Å². The van der Waals surface area contributed by atoms with Crippen molar-refractivity contribution in [3.05, 3.63) is 24.3 Å². The number of anilines is 1. The Kier molecular flexibility index (Phi) is 7.13. The van der Waals surface area contributed by atoms with Crippen LogP contribution in [0.25, 0.3) is 0 Å². The highest BCUT2D eigenvalue weighted by atomic mass is 32.2. The summed E-state index contributed by atoms with van der Waals surface area (Å²) in [5.74, 6) is -0.528. The highest BCUT2D eigenvalue weighted by molar-refractivity contribution is 7.93. The van der Waals surface area contributed by atoms with Gasteiger partial charge in [0.15, 0.2) is 0 Å². The molecule has 22 heavy (non-hydrogen) atoms. The van der Waals surface area contributed by atoms with Crippen molar-refractivity contribution in [1.82, 2.24) is 5.32 Å². The molecule has 1 rings (SSSR count). The zero-order chi connectivity index (χ0) is 16.6. The van der Waals surface area contributed by atoms with E-state index < -0.39 is 21.7 Å². The number of amides is 1. The number of carbonyl (C=O) groups is 1. The molecule has 8 heteroatoms. The Balaban J connectivity index is 2.55. The van der Waals surface area contributed by atoms with Crippen molar-refractivity contribution in [2.45, 2.75) is 26.4 Å². The monoisotopic (exact) mass is 329 g/mol. The molecule has 0 aliphatic carbocycles. The first-order valence-electron chi connectivity index (χ1n) is 7.06. The van der Waals surface area contributed by atoms with E-state index in [9.17, 15) is 13.2 Å². The fourth-order valence-electron chi connectivity index (χ4n) is 1.64. The zero-order valence-corrected chi connectivity index (χ0v) is 13.7. The van der Waals surface area contributed by atoms with Gasteiger partial charge in [0.2, 0.25) is 15.9 Å². The van der Waals surface area contributed by atoms with Gasteiger partial charge >= 0.3 is 0 Å². The number of nitrogens with two attached hydrogens (primary N) is 1. The summed E-state index contributed by atoms with van der Waals surface area (Å²) in [7, 11) is -3.74. The molecule has 7 nitrogen and oxygen atoms in total. The summed E-state index contributed by atoms with van der Waals surface area (Å²) in [6, 6.07) is 6.50. The summed E-state index contributed by atoms with van der Waals surface area (Å²) in [5, 5.41) is 2.50. The molecule has 0 bridgehead atoms. The summed E-state index contributed by atoms with van der Waals surface area (Å²) in [4.78, 5) is 11.5. The first-order chi connectivity index (χ1) is 10.3. The quantitative estimate of drug-likeness (QED) is 0.577. The number of hydrogen-bond donors (Lipinski definition) is 3. The van der Waals surface area contributed by atoms with Crippen LogP contribution in [0.3, 0.4) is 0 Å². The number of rotatable bonds is 9. The average Bonchev–Trinajstić information content (AvgIpc) is 2.39. The van der Waals surface area contributed by atoms with Crippen LogP contribution in [0.4, 0.5) is 5.69 Å². The fourth-order valence-corrected chi connectivity index (χ4v) is 2.66. The molecule has 4 N–H and O–H groups in total. The van der Waals surface area contributed by atoms with E-state index in [2.05, 4.69) is 10.0 Å². The van der Waals surface area contributed by atoms with Gasteiger partial charge in [-0.15, -0.1) is 0 Å². The van der Waals surface area contributed by atoms with Gasteiger partial charge in [-0.1, -0.05) is 0 Å². The predicted octanol–water partition coefficient (Wildman–Crippen LogP) is 0.681. The number of nitrogens with one attached hydrogen (secondary N) is 2. The fraction of sp³-hybridized carbons (Fsp3) is 0.500.